The summed E-state index contributed by atoms with van der Waals surface area (Å²) >= 11 is 0. The number of anilines is 1. The number of aryl methyl sites for hydroxylation is 1. The van der Waals surface area contributed by atoms with Crippen molar-refractivity contribution in [1.29, 1.82) is 0 Å². The van der Waals surface area contributed by atoms with E-state index >= 15 is 0 Å². The number of hydrogen-bond donors (Lipinski definition) is 0. The lowest BCUT2D eigenvalue weighted by molar-refractivity contribution is 0.0987. The van der Waals surface area contributed by atoms with Gasteiger partial charge in [-0.05, 0) is 36.4 Å². The van der Waals surface area contributed by atoms with Crippen LogP contribution >= 0.6 is 0 Å². The second-order valence-electron chi connectivity index (χ2n) is 5.80. The highest BCUT2D eigenvalue weighted by Crippen LogP contribution is 2.33. The second kappa shape index (κ2) is 7.31. The SMILES string of the molecule is COc1ccc(OC)c(-c2cc(C(=O)N(C)c3ccccc3)nn2C)c1. The van der Waals surface area contributed by atoms with Crippen molar-refractivity contribution in [3.05, 3.63) is 60.3 Å². The summed E-state index contributed by atoms with van der Waals surface area (Å²) in [6.07, 6.45) is 0. The summed E-state index contributed by atoms with van der Waals surface area (Å²) in [5.41, 5.74) is 2.75. The highest BCUT2D eigenvalue weighted by Gasteiger charge is 2.20. The quantitative estimate of drug-likeness (QED) is 0.707. The normalized spacial score (nSPS) is 10.5. The summed E-state index contributed by atoms with van der Waals surface area (Å²) in [4.78, 5) is 14.4. The van der Waals surface area contributed by atoms with Crippen molar-refractivity contribution in [2.45, 2.75) is 0 Å². The highest BCUT2D eigenvalue weighted by atomic mass is 16.5. The van der Waals surface area contributed by atoms with Gasteiger partial charge in [0, 0.05) is 25.3 Å². The molecular formula is C20H21N3O3. The third-order valence-corrected chi connectivity index (χ3v) is 4.23. The van der Waals surface area contributed by atoms with Crippen molar-refractivity contribution < 1.29 is 14.3 Å². The van der Waals surface area contributed by atoms with Gasteiger partial charge in [-0.1, -0.05) is 18.2 Å². The Morgan fingerprint density at radius 3 is 2.42 bits per heavy atom. The summed E-state index contributed by atoms with van der Waals surface area (Å²) in [6.45, 7) is 0. The van der Waals surface area contributed by atoms with Gasteiger partial charge < -0.3 is 14.4 Å². The zero-order chi connectivity index (χ0) is 18.7. The monoisotopic (exact) mass is 351 g/mol. The van der Waals surface area contributed by atoms with Crippen LogP contribution in [0.15, 0.2) is 54.6 Å². The molecule has 0 atom stereocenters. The van der Waals surface area contributed by atoms with Gasteiger partial charge in [0.25, 0.3) is 5.91 Å². The van der Waals surface area contributed by atoms with Crippen molar-refractivity contribution in [2.75, 3.05) is 26.2 Å². The fourth-order valence-electron chi connectivity index (χ4n) is 2.78. The first-order chi connectivity index (χ1) is 12.5. The Labute approximate surface area is 152 Å². The van der Waals surface area contributed by atoms with Crippen molar-refractivity contribution in [1.82, 2.24) is 9.78 Å². The van der Waals surface area contributed by atoms with Crippen LogP contribution in [-0.2, 0) is 7.05 Å². The Morgan fingerprint density at radius 2 is 1.77 bits per heavy atom. The zero-order valence-electron chi connectivity index (χ0n) is 15.3. The van der Waals surface area contributed by atoms with Crippen LogP contribution in [-0.4, -0.2) is 37.0 Å². The topological polar surface area (TPSA) is 56.6 Å². The first-order valence-electron chi connectivity index (χ1n) is 8.14. The highest BCUT2D eigenvalue weighted by molar-refractivity contribution is 6.05. The molecule has 1 aromatic heterocycles. The minimum Gasteiger partial charge on any atom is -0.497 e. The van der Waals surface area contributed by atoms with Crippen LogP contribution in [0, 0.1) is 0 Å². The lowest BCUT2D eigenvalue weighted by atomic mass is 10.1. The Kier molecular flexibility index (Phi) is 4.93. The molecule has 26 heavy (non-hydrogen) atoms. The van der Waals surface area contributed by atoms with E-state index in [0.29, 0.717) is 17.2 Å². The number of carbonyl (C=O) groups is 1. The van der Waals surface area contributed by atoms with Crippen LogP contribution in [0.5, 0.6) is 11.5 Å². The van der Waals surface area contributed by atoms with Crippen LogP contribution in [0.4, 0.5) is 5.69 Å². The third-order valence-electron chi connectivity index (χ3n) is 4.23. The van der Waals surface area contributed by atoms with Crippen molar-refractivity contribution in [3.63, 3.8) is 0 Å². The Hall–Kier alpha value is -3.28. The van der Waals surface area contributed by atoms with E-state index in [9.17, 15) is 4.79 Å². The largest absolute Gasteiger partial charge is 0.497 e. The van der Waals surface area contributed by atoms with E-state index in [2.05, 4.69) is 5.10 Å². The molecule has 0 saturated heterocycles. The van der Waals surface area contributed by atoms with Crippen LogP contribution in [0.3, 0.4) is 0 Å². The van der Waals surface area contributed by atoms with Gasteiger partial charge >= 0.3 is 0 Å². The molecule has 6 nitrogen and oxygen atoms in total. The first-order valence-corrected chi connectivity index (χ1v) is 8.14. The predicted octanol–water partition coefficient (Wildman–Crippen LogP) is 3.38. The van der Waals surface area contributed by atoms with E-state index in [1.54, 1.807) is 44.0 Å². The number of para-hydroxylation sites is 1. The van der Waals surface area contributed by atoms with E-state index in [0.717, 1.165) is 16.9 Å². The van der Waals surface area contributed by atoms with Gasteiger partial charge in [0.2, 0.25) is 0 Å². The van der Waals surface area contributed by atoms with Crippen molar-refractivity contribution in [3.8, 4) is 22.8 Å². The Morgan fingerprint density at radius 1 is 1.04 bits per heavy atom. The second-order valence-corrected chi connectivity index (χ2v) is 5.80. The fourth-order valence-corrected chi connectivity index (χ4v) is 2.78. The number of benzene rings is 2. The lowest BCUT2D eigenvalue weighted by Gasteiger charge is -2.15. The molecule has 3 rings (SSSR count). The molecule has 2 aromatic carbocycles. The smallest absolute Gasteiger partial charge is 0.278 e. The maximum atomic E-state index is 12.8. The van der Waals surface area contributed by atoms with Gasteiger partial charge in [0.1, 0.15) is 11.5 Å². The summed E-state index contributed by atoms with van der Waals surface area (Å²) in [6, 6.07) is 16.8. The molecule has 0 saturated carbocycles. The molecule has 0 unspecified atom stereocenters. The van der Waals surface area contributed by atoms with E-state index in [1.807, 2.05) is 48.5 Å². The average Bonchev–Trinajstić information content (AvgIpc) is 3.08. The minimum atomic E-state index is -0.181. The molecule has 0 aliphatic rings. The van der Waals surface area contributed by atoms with Gasteiger partial charge in [0.15, 0.2) is 5.69 Å². The van der Waals surface area contributed by atoms with E-state index in [1.165, 1.54) is 0 Å². The zero-order valence-corrected chi connectivity index (χ0v) is 15.3. The molecule has 0 spiro atoms. The van der Waals surface area contributed by atoms with Crippen LogP contribution in [0.25, 0.3) is 11.3 Å². The van der Waals surface area contributed by atoms with Gasteiger partial charge in [-0.15, -0.1) is 0 Å². The molecule has 134 valence electrons. The summed E-state index contributed by atoms with van der Waals surface area (Å²) in [5.74, 6) is 1.21. The number of methoxy groups -OCH3 is 2. The number of ether oxygens (including phenoxy) is 2. The molecule has 0 aliphatic carbocycles. The lowest BCUT2D eigenvalue weighted by Crippen LogP contribution is -2.26. The van der Waals surface area contributed by atoms with Gasteiger partial charge in [-0.3, -0.25) is 9.48 Å². The Bertz CT molecular complexity index is 919. The molecule has 6 heteroatoms. The molecule has 3 aromatic rings. The number of nitrogens with zero attached hydrogens (tertiary/aromatic N) is 3. The van der Waals surface area contributed by atoms with E-state index in [-0.39, 0.29) is 5.91 Å². The van der Waals surface area contributed by atoms with Crippen LogP contribution in [0.1, 0.15) is 10.5 Å². The number of amides is 1. The average molecular weight is 351 g/mol. The molecule has 0 aliphatic heterocycles. The van der Waals surface area contributed by atoms with Gasteiger partial charge in [-0.2, -0.15) is 5.10 Å². The maximum Gasteiger partial charge on any atom is 0.278 e. The number of aromatic nitrogens is 2. The number of hydrogen-bond acceptors (Lipinski definition) is 4. The summed E-state index contributed by atoms with van der Waals surface area (Å²) in [7, 11) is 6.75. The first kappa shape index (κ1) is 17.5. The molecule has 0 fully saturated rings. The molecule has 1 heterocycles. The number of rotatable bonds is 5. The van der Waals surface area contributed by atoms with Crippen LogP contribution < -0.4 is 14.4 Å². The molecule has 1 amide bonds. The third kappa shape index (κ3) is 3.26. The Balaban J connectivity index is 1.99. The maximum absolute atomic E-state index is 12.8. The van der Waals surface area contributed by atoms with E-state index < -0.39 is 0 Å². The van der Waals surface area contributed by atoms with Crippen molar-refractivity contribution in [2.24, 2.45) is 7.05 Å². The summed E-state index contributed by atoms with van der Waals surface area (Å²) < 4.78 is 12.4. The fraction of sp³-hybridized carbons (Fsp3) is 0.200. The summed E-state index contributed by atoms with van der Waals surface area (Å²) in [5, 5.41) is 4.39. The van der Waals surface area contributed by atoms with E-state index in [4.69, 9.17) is 9.47 Å². The molecular weight excluding hydrogens is 330 g/mol. The standard InChI is InChI=1S/C20H21N3O3/c1-22(14-8-6-5-7-9-14)20(24)17-13-18(23(2)21-17)16-12-15(25-3)10-11-19(16)26-4/h5-13H,1-4H3. The molecule has 0 bridgehead atoms. The van der Waals surface area contributed by atoms with Crippen molar-refractivity contribution >= 4 is 11.6 Å². The predicted molar refractivity (Wildman–Crippen MR) is 101 cm³/mol. The van der Waals surface area contributed by atoms with Gasteiger partial charge in [-0.25, -0.2) is 0 Å². The minimum absolute atomic E-state index is 0.181. The van der Waals surface area contributed by atoms with Gasteiger partial charge in [0.05, 0.1) is 19.9 Å². The number of carbonyl (C=O) groups excluding carboxylic acids is 1. The van der Waals surface area contributed by atoms with Crippen LogP contribution in [0.2, 0.25) is 0 Å². The molecule has 0 radical (unpaired) electrons. The molecule has 0 N–H and O–H groups in total.